The van der Waals surface area contributed by atoms with Gasteiger partial charge in [0.25, 0.3) is 0 Å². The zero-order valence-corrected chi connectivity index (χ0v) is 6.73. The first-order valence-corrected chi connectivity index (χ1v) is 3.83. The molecule has 0 atom stereocenters. The van der Waals surface area contributed by atoms with E-state index in [-0.39, 0.29) is 0 Å². The summed E-state index contributed by atoms with van der Waals surface area (Å²) < 4.78 is 0. The standard InChI is InChI=1S/C11H10O/c12-10-6-2-5-9-11-7-3-1-4-8-11/h1-8H,9H2. The first kappa shape index (κ1) is 8.51. The van der Waals surface area contributed by atoms with Gasteiger partial charge in [0, 0.05) is 6.08 Å². The third-order valence-corrected chi connectivity index (χ3v) is 1.50. The Balaban J connectivity index is 2.48. The van der Waals surface area contributed by atoms with Gasteiger partial charge in [0.1, 0.15) is 5.94 Å². The SMILES string of the molecule is O=C=CC=CCc1ccccc1. The van der Waals surface area contributed by atoms with Crippen molar-refractivity contribution in [3.8, 4) is 0 Å². The summed E-state index contributed by atoms with van der Waals surface area (Å²) in [4.78, 5) is 9.78. The number of allylic oxidation sites excluding steroid dienone is 3. The molecule has 0 aliphatic rings. The van der Waals surface area contributed by atoms with Crippen LogP contribution in [0.2, 0.25) is 0 Å². The molecular formula is C11H10O. The number of rotatable bonds is 3. The first-order chi connectivity index (χ1) is 5.93. The molecule has 0 aliphatic heterocycles. The van der Waals surface area contributed by atoms with Gasteiger partial charge in [-0.15, -0.1) is 0 Å². The Bertz CT molecular complexity index is 292. The molecule has 0 fully saturated rings. The van der Waals surface area contributed by atoms with Gasteiger partial charge in [-0.1, -0.05) is 42.5 Å². The normalized spacial score (nSPS) is 9.67. The highest BCUT2D eigenvalue weighted by Crippen LogP contribution is 1.99. The van der Waals surface area contributed by atoms with Crippen LogP contribution in [0.4, 0.5) is 0 Å². The molecule has 0 spiro atoms. The van der Waals surface area contributed by atoms with E-state index < -0.39 is 0 Å². The molecule has 0 bridgehead atoms. The second-order valence-corrected chi connectivity index (χ2v) is 2.40. The van der Waals surface area contributed by atoms with Crippen molar-refractivity contribution in [3.63, 3.8) is 0 Å². The molecule has 0 aromatic heterocycles. The zero-order chi connectivity index (χ0) is 8.65. The third-order valence-electron chi connectivity index (χ3n) is 1.50. The molecule has 0 unspecified atom stereocenters. The van der Waals surface area contributed by atoms with Crippen LogP contribution in [0.3, 0.4) is 0 Å². The summed E-state index contributed by atoms with van der Waals surface area (Å²) in [6.07, 6.45) is 5.86. The molecule has 1 rings (SSSR count). The third kappa shape index (κ3) is 3.00. The van der Waals surface area contributed by atoms with Crippen LogP contribution < -0.4 is 0 Å². The Kier molecular flexibility index (Phi) is 3.62. The maximum Gasteiger partial charge on any atom is 0.124 e. The minimum Gasteiger partial charge on any atom is -0.234 e. The van der Waals surface area contributed by atoms with Crippen molar-refractivity contribution < 1.29 is 4.79 Å². The summed E-state index contributed by atoms with van der Waals surface area (Å²) in [5.41, 5.74) is 1.24. The van der Waals surface area contributed by atoms with E-state index in [1.165, 1.54) is 11.6 Å². The highest BCUT2D eigenvalue weighted by atomic mass is 16.1. The molecule has 60 valence electrons. The van der Waals surface area contributed by atoms with Crippen LogP contribution >= 0.6 is 0 Å². The number of carbonyl (C=O) groups excluding carboxylic acids is 1. The van der Waals surface area contributed by atoms with Gasteiger partial charge < -0.3 is 0 Å². The molecule has 0 amide bonds. The van der Waals surface area contributed by atoms with Gasteiger partial charge >= 0.3 is 0 Å². The van der Waals surface area contributed by atoms with Gasteiger partial charge in [-0.2, -0.15) is 0 Å². The lowest BCUT2D eigenvalue weighted by atomic mass is 10.1. The van der Waals surface area contributed by atoms with Crippen LogP contribution in [0, 0.1) is 0 Å². The summed E-state index contributed by atoms with van der Waals surface area (Å²) in [5.74, 6) is 1.69. The highest BCUT2D eigenvalue weighted by molar-refractivity contribution is 5.48. The Morgan fingerprint density at radius 3 is 2.67 bits per heavy atom. The van der Waals surface area contributed by atoms with Crippen molar-refractivity contribution in [2.24, 2.45) is 0 Å². The van der Waals surface area contributed by atoms with E-state index in [2.05, 4.69) is 12.1 Å². The lowest BCUT2D eigenvalue weighted by Crippen LogP contribution is -1.77. The summed E-state index contributed by atoms with van der Waals surface area (Å²) in [5, 5.41) is 0. The molecule has 12 heavy (non-hydrogen) atoms. The molecule has 1 aromatic rings. The summed E-state index contributed by atoms with van der Waals surface area (Å²) in [7, 11) is 0. The molecule has 0 saturated heterocycles. The van der Waals surface area contributed by atoms with Crippen LogP contribution in [0.15, 0.2) is 48.6 Å². The van der Waals surface area contributed by atoms with Crippen molar-refractivity contribution in [1.82, 2.24) is 0 Å². The molecular weight excluding hydrogens is 148 g/mol. The van der Waals surface area contributed by atoms with E-state index in [9.17, 15) is 4.79 Å². The smallest absolute Gasteiger partial charge is 0.124 e. The Morgan fingerprint density at radius 1 is 1.25 bits per heavy atom. The van der Waals surface area contributed by atoms with Gasteiger partial charge in [0.2, 0.25) is 0 Å². The quantitative estimate of drug-likeness (QED) is 0.486. The van der Waals surface area contributed by atoms with E-state index in [4.69, 9.17) is 0 Å². The summed E-state index contributed by atoms with van der Waals surface area (Å²) >= 11 is 0. The average Bonchev–Trinajstić information content (AvgIpc) is 2.14. The predicted molar refractivity (Wildman–Crippen MR) is 49.5 cm³/mol. The van der Waals surface area contributed by atoms with Crippen molar-refractivity contribution in [1.29, 1.82) is 0 Å². The minimum atomic E-state index is 0.860. The van der Waals surface area contributed by atoms with Gasteiger partial charge in [-0.3, -0.25) is 0 Å². The lowest BCUT2D eigenvalue weighted by molar-refractivity contribution is 0.569. The van der Waals surface area contributed by atoms with Crippen molar-refractivity contribution in [2.45, 2.75) is 6.42 Å². The van der Waals surface area contributed by atoms with Crippen LogP contribution in [0.25, 0.3) is 0 Å². The fourth-order valence-electron chi connectivity index (χ4n) is 0.926. The van der Waals surface area contributed by atoms with E-state index >= 15 is 0 Å². The maximum absolute atomic E-state index is 9.78. The number of hydrogen-bond donors (Lipinski definition) is 0. The largest absolute Gasteiger partial charge is 0.234 e. The molecule has 0 saturated carbocycles. The second-order valence-electron chi connectivity index (χ2n) is 2.40. The number of benzene rings is 1. The minimum absolute atomic E-state index is 0.860. The second kappa shape index (κ2) is 5.11. The summed E-state index contributed by atoms with van der Waals surface area (Å²) in [6, 6.07) is 10.1. The van der Waals surface area contributed by atoms with Crippen molar-refractivity contribution >= 4 is 5.94 Å². The molecule has 1 nitrogen and oxygen atoms in total. The molecule has 0 heterocycles. The summed E-state index contributed by atoms with van der Waals surface area (Å²) in [6.45, 7) is 0. The van der Waals surface area contributed by atoms with Crippen LogP contribution in [-0.4, -0.2) is 5.94 Å². The lowest BCUT2D eigenvalue weighted by Gasteiger charge is -1.92. The van der Waals surface area contributed by atoms with Crippen LogP contribution in [0.1, 0.15) is 5.56 Å². The predicted octanol–water partition coefficient (Wildman–Crippen LogP) is 2.17. The van der Waals surface area contributed by atoms with Gasteiger partial charge in [-0.05, 0) is 12.0 Å². The van der Waals surface area contributed by atoms with Gasteiger partial charge in [0.15, 0.2) is 0 Å². The van der Waals surface area contributed by atoms with E-state index in [0.717, 1.165) is 6.42 Å². The fourth-order valence-corrected chi connectivity index (χ4v) is 0.926. The van der Waals surface area contributed by atoms with E-state index in [0.29, 0.717) is 0 Å². The molecule has 0 radical (unpaired) electrons. The van der Waals surface area contributed by atoms with Gasteiger partial charge in [0.05, 0.1) is 0 Å². The van der Waals surface area contributed by atoms with Crippen molar-refractivity contribution in [2.75, 3.05) is 0 Å². The molecule has 1 aromatic carbocycles. The van der Waals surface area contributed by atoms with E-state index in [1.54, 1.807) is 12.0 Å². The molecule has 1 heteroatoms. The first-order valence-electron chi connectivity index (χ1n) is 3.83. The Labute approximate surface area is 72.0 Å². The average molecular weight is 158 g/mol. The Morgan fingerprint density at radius 2 is 2.00 bits per heavy atom. The topological polar surface area (TPSA) is 17.1 Å². The zero-order valence-electron chi connectivity index (χ0n) is 6.73. The fraction of sp³-hybridized carbons (Fsp3) is 0.0909. The Hall–Kier alpha value is -1.59. The highest BCUT2D eigenvalue weighted by Gasteiger charge is 1.83. The molecule has 0 aliphatic carbocycles. The van der Waals surface area contributed by atoms with Gasteiger partial charge in [-0.25, -0.2) is 4.79 Å². The monoisotopic (exact) mass is 158 g/mol. The maximum atomic E-state index is 9.78. The van der Waals surface area contributed by atoms with Crippen LogP contribution in [0.5, 0.6) is 0 Å². The van der Waals surface area contributed by atoms with Crippen molar-refractivity contribution in [3.05, 3.63) is 54.1 Å². The number of hydrogen-bond acceptors (Lipinski definition) is 1. The van der Waals surface area contributed by atoms with E-state index in [1.807, 2.05) is 24.3 Å². The molecule has 0 N–H and O–H groups in total. The van der Waals surface area contributed by atoms with Crippen LogP contribution in [-0.2, 0) is 11.2 Å².